The zero-order chi connectivity index (χ0) is 11.1. The molecular weight excluding hydrogens is 192 g/mol. The Morgan fingerprint density at radius 3 is 2.67 bits per heavy atom. The summed E-state index contributed by atoms with van der Waals surface area (Å²) in [5.41, 5.74) is 0.619. The molecular formula is C12H16O3. The van der Waals surface area contributed by atoms with Gasteiger partial charge in [0.15, 0.2) is 5.78 Å². The van der Waals surface area contributed by atoms with Gasteiger partial charge in [-0.3, -0.25) is 4.79 Å². The van der Waals surface area contributed by atoms with Gasteiger partial charge in [-0.05, 0) is 26.0 Å². The maximum Gasteiger partial charge on any atom is 0.163 e. The van der Waals surface area contributed by atoms with Gasteiger partial charge in [-0.15, -0.1) is 0 Å². The molecule has 3 heteroatoms. The molecule has 1 aromatic rings. The molecule has 0 spiro atoms. The van der Waals surface area contributed by atoms with Gasteiger partial charge in [0.1, 0.15) is 12.4 Å². The van der Waals surface area contributed by atoms with Crippen LogP contribution < -0.4 is 4.74 Å². The third-order valence-corrected chi connectivity index (χ3v) is 1.96. The second-order valence-corrected chi connectivity index (χ2v) is 3.10. The fraction of sp³-hybridized carbons (Fsp3) is 0.417. The predicted molar refractivity (Wildman–Crippen MR) is 58.4 cm³/mol. The van der Waals surface area contributed by atoms with Gasteiger partial charge in [0.2, 0.25) is 0 Å². The molecule has 0 aliphatic rings. The van der Waals surface area contributed by atoms with Crippen molar-refractivity contribution < 1.29 is 14.3 Å². The number of carbonyl (C=O) groups excluding carboxylic acids is 1. The Balaban J connectivity index is 2.56. The number of hydrogen-bond donors (Lipinski definition) is 0. The Bertz CT molecular complexity index is 320. The number of carbonyl (C=O) groups is 1. The second-order valence-electron chi connectivity index (χ2n) is 3.10. The minimum Gasteiger partial charge on any atom is -0.490 e. The van der Waals surface area contributed by atoms with E-state index in [1.807, 2.05) is 19.1 Å². The summed E-state index contributed by atoms with van der Waals surface area (Å²) in [7, 11) is 0. The van der Waals surface area contributed by atoms with E-state index in [0.29, 0.717) is 31.1 Å². The van der Waals surface area contributed by atoms with E-state index in [1.165, 1.54) is 6.92 Å². The summed E-state index contributed by atoms with van der Waals surface area (Å²) >= 11 is 0. The smallest absolute Gasteiger partial charge is 0.163 e. The summed E-state index contributed by atoms with van der Waals surface area (Å²) in [4.78, 5) is 11.2. The molecule has 0 saturated carbocycles. The number of ketones is 1. The van der Waals surface area contributed by atoms with E-state index in [9.17, 15) is 4.79 Å². The van der Waals surface area contributed by atoms with Crippen molar-refractivity contribution in [2.24, 2.45) is 0 Å². The van der Waals surface area contributed by atoms with Gasteiger partial charge in [0.05, 0.1) is 12.2 Å². The number of benzene rings is 1. The van der Waals surface area contributed by atoms with Crippen LogP contribution in [0.2, 0.25) is 0 Å². The molecule has 0 aromatic heterocycles. The first kappa shape index (κ1) is 11.7. The van der Waals surface area contributed by atoms with Gasteiger partial charge in [-0.25, -0.2) is 0 Å². The lowest BCUT2D eigenvalue weighted by Gasteiger charge is -2.09. The highest BCUT2D eigenvalue weighted by Gasteiger charge is 2.06. The van der Waals surface area contributed by atoms with Crippen LogP contribution in [0.15, 0.2) is 24.3 Å². The van der Waals surface area contributed by atoms with Gasteiger partial charge < -0.3 is 9.47 Å². The maximum absolute atomic E-state index is 11.2. The van der Waals surface area contributed by atoms with Gasteiger partial charge in [-0.2, -0.15) is 0 Å². The topological polar surface area (TPSA) is 35.5 Å². The molecule has 0 radical (unpaired) electrons. The summed E-state index contributed by atoms with van der Waals surface area (Å²) in [6.45, 7) is 5.16. The molecule has 0 amide bonds. The summed E-state index contributed by atoms with van der Waals surface area (Å²) in [5, 5.41) is 0. The predicted octanol–water partition coefficient (Wildman–Crippen LogP) is 2.30. The number of para-hydroxylation sites is 1. The summed E-state index contributed by atoms with van der Waals surface area (Å²) in [6, 6.07) is 7.23. The summed E-state index contributed by atoms with van der Waals surface area (Å²) in [5.74, 6) is 0.645. The second kappa shape index (κ2) is 6.19. The molecule has 3 nitrogen and oxygen atoms in total. The van der Waals surface area contributed by atoms with E-state index >= 15 is 0 Å². The van der Waals surface area contributed by atoms with E-state index < -0.39 is 0 Å². The monoisotopic (exact) mass is 208 g/mol. The Morgan fingerprint density at radius 2 is 2.00 bits per heavy atom. The van der Waals surface area contributed by atoms with Gasteiger partial charge in [0, 0.05) is 6.61 Å². The van der Waals surface area contributed by atoms with Crippen molar-refractivity contribution in [3.05, 3.63) is 29.8 Å². The first-order chi connectivity index (χ1) is 7.25. The minimum absolute atomic E-state index is 0.0157. The lowest BCUT2D eigenvalue weighted by atomic mass is 10.1. The molecule has 0 aliphatic carbocycles. The third-order valence-electron chi connectivity index (χ3n) is 1.96. The highest BCUT2D eigenvalue weighted by Crippen LogP contribution is 2.17. The molecule has 15 heavy (non-hydrogen) atoms. The lowest BCUT2D eigenvalue weighted by molar-refractivity contribution is 0.0990. The van der Waals surface area contributed by atoms with Gasteiger partial charge >= 0.3 is 0 Å². The summed E-state index contributed by atoms with van der Waals surface area (Å²) in [6.07, 6.45) is 0. The van der Waals surface area contributed by atoms with E-state index in [0.717, 1.165) is 0 Å². The van der Waals surface area contributed by atoms with Crippen LogP contribution in [0, 0.1) is 0 Å². The first-order valence-electron chi connectivity index (χ1n) is 5.06. The molecule has 1 aromatic carbocycles. The molecule has 0 heterocycles. The first-order valence-corrected chi connectivity index (χ1v) is 5.06. The van der Waals surface area contributed by atoms with Crippen LogP contribution in [-0.2, 0) is 4.74 Å². The minimum atomic E-state index is 0.0157. The van der Waals surface area contributed by atoms with E-state index in [-0.39, 0.29) is 5.78 Å². The average Bonchev–Trinajstić information content (AvgIpc) is 2.25. The van der Waals surface area contributed by atoms with Crippen LogP contribution in [0.1, 0.15) is 24.2 Å². The Labute approximate surface area is 90.0 Å². The lowest BCUT2D eigenvalue weighted by Crippen LogP contribution is -2.08. The molecule has 0 unspecified atom stereocenters. The Morgan fingerprint density at radius 1 is 1.27 bits per heavy atom. The van der Waals surface area contributed by atoms with Crippen LogP contribution in [0.5, 0.6) is 5.75 Å². The fourth-order valence-electron chi connectivity index (χ4n) is 1.24. The molecule has 0 atom stereocenters. The molecule has 0 fully saturated rings. The van der Waals surface area contributed by atoms with Crippen LogP contribution in [0.25, 0.3) is 0 Å². The number of rotatable bonds is 6. The fourth-order valence-corrected chi connectivity index (χ4v) is 1.24. The molecule has 0 N–H and O–H groups in total. The molecule has 82 valence electrons. The number of ether oxygens (including phenoxy) is 2. The SMILES string of the molecule is CCOCCOc1ccccc1C(C)=O. The molecule has 0 aliphatic heterocycles. The summed E-state index contributed by atoms with van der Waals surface area (Å²) < 4.78 is 10.6. The van der Waals surface area contributed by atoms with E-state index in [4.69, 9.17) is 9.47 Å². The quantitative estimate of drug-likeness (QED) is 0.531. The number of hydrogen-bond acceptors (Lipinski definition) is 3. The van der Waals surface area contributed by atoms with Gasteiger partial charge in [-0.1, -0.05) is 12.1 Å². The molecule has 0 bridgehead atoms. The van der Waals surface area contributed by atoms with E-state index in [2.05, 4.69) is 0 Å². The molecule has 0 saturated heterocycles. The Hall–Kier alpha value is -1.35. The van der Waals surface area contributed by atoms with Crippen molar-refractivity contribution in [1.29, 1.82) is 0 Å². The normalized spacial score (nSPS) is 10.0. The highest BCUT2D eigenvalue weighted by atomic mass is 16.5. The van der Waals surface area contributed by atoms with Crippen molar-refractivity contribution >= 4 is 5.78 Å². The van der Waals surface area contributed by atoms with Crippen LogP contribution in [0.3, 0.4) is 0 Å². The van der Waals surface area contributed by atoms with Crippen molar-refractivity contribution in [1.82, 2.24) is 0 Å². The third kappa shape index (κ3) is 3.72. The average molecular weight is 208 g/mol. The van der Waals surface area contributed by atoms with Crippen molar-refractivity contribution in [2.45, 2.75) is 13.8 Å². The van der Waals surface area contributed by atoms with Crippen molar-refractivity contribution in [3.63, 3.8) is 0 Å². The number of Topliss-reactive ketones (excluding diaryl/α,β-unsaturated/α-hetero) is 1. The Kier molecular flexibility index (Phi) is 4.84. The highest BCUT2D eigenvalue weighted by molar-refractivity contribution is 5.96. The zero-order valence-corrected chi connectivity index (χ0v) is 9.16. The van der Waals surface area contributed by atoms with Crippen molar-refractivity contribution in [3.8, 4) is 5.75 Å². The van der Waals surface area contributed by atoms with Crippen LogP contribution in [-0.4, -0.2) is 25.6 Å². The van der Waals surface area contributed by atoms with Crippen LogP contribution >= 0.6 is 0 Å². The van der Waals surface area contributed by atoms with Gasteiger partial charge in [0.25, 0.3) is 0 Å². The largest absolute Gasteiger partial charge is 0.490 e. The standard InChI is InChI=1S/C12H16O3/c1-3-14-8-9-15-12-7-5-4-6-11(12)10(2)13/h4-7H,3,8-9H2,1-2H3. The van der Waals surface area contributed by atoms with Crippen molar-refractivity contribution in [2.75, 3.05) is 19.8 Å². The van der Waals surface area contributed by atoms with Crippen LogP contribution in [0.4, 0.5) is 0 Å². The van der Waals surface area contributed by atoms with E-state index in [1.54, 1.807) is 12.1 Å². The maximum atomic E-state index is 11.2. The zero-order valence-electron chi connectivity index (χ0n) is 9.16. The molecule has 1 rings (SSSR count).